The molecule has 1 atom stereocenters. The Labute approximate surface area is 165 Å². The van der Waals surface area contributed by atoms with Gasteiger partial charge in [0.1, 0.15) is 11.9 Å². The molecule has 2 aromatic carbocycles. The highest BCUT2D eigenvalue weighted by molar-refractivity contribution is 5.96. The summed E-state index contributed by atoms with van der Waals surface area (Å²) in [5.74, 6) is 0.842. The minimum atomic E-state index is -0.113. The standard InChI is InChI=1S/C24H25NO3/c1-16-15-21(24(27)25-17(16)2)13-14-23(26)20-11-9-19(10-12-20)18(3)28-22-7-5-4-6-8-22/h4-12,15,18H,13-14H2,1-3H3,(H,25,27). The maximum absolute atomic E-state index is 12.5. The summed E-state index contributed by atoms with van der Waals surface area (Å²) in [4.78, 5) is 27.4. The SMILES string of the molecule is Cc1cc(CCC(=O)c2ccc(C(C)Oc3ccccc3)cc2)c(=O)[nH]c1C. The second-order valence-corrected chi connectivity index (χ2v) is 7.05. The lowest BCUT2D eigenvalue weighted by Crippen LogP contribution is -2.16. The van der Waals surface area contributed by atoms with E-state index in [9.17, 15) is 9.59 Å². The number of aromatic nitrogens is 1. The van der Waals surface area contributed by atoms with Gasteiger partial charge in [0.2, 0.25) is 0 Å². The van der Waals surface area contributed by atoms with E-state index < -0.39 is 0 Å². The predicted octanol–water partition coefficient (Wildman–Crippen LogP) is 4.95. The summed E-state index contributed by atoms with van der Waals surface area (Å²) in [5.41, 5.74) is 4.08. The Kier molecular flexibility index (Phi) is 6.09. The van der Waals surface area contributed by atoms with Crippen molar-refractivity contribution in [3.05, 3.63) is 99.0 Å². The maximum Gasteiger partial charge on any atom is 0.251 e. The Morgan fingerprint density at radius 1 is 1.04 bits per heavy atom. The molecule has 4 heteroatoms. The quantitative estimate of drug-likeness (QED) is 0.595. The molecule has 0 saturated heterocycles. The van der Waals surface area contributed by atoms with Gasteiger partial charge >= 0.3 is 0 Å². The molecule has 144 valence electrons. The molecule has 4 nitrogen and oxygen atoms in total. The van der Waals surface area contributed by atoms with E-state index in [1.807, 2.05) is 81.4 Å². The monoisotopic (exact) mass is 375 g/mol. The summed E-state index contributed by atoms with van der Waals surface area (Å²) in [6.07, 6.45) is 0.631. The number of benzene rings is 2. The topological polar surface area (TPSA) is 59.2 Å². The zero-order valence-corrected chi connectivity index (χ0v) is 16.5. The first kappa shape index (κ1) is 19.6. The second-order valence-electron chi connectivity index (χ2n) is 7.05. The molecule has 0 bridgehead atoms. The number of aromatic amines is 1. The molecule has 0 aliphatic carbocycles. The van der Waals surface area contributed by atoms with Crippen LogP contribution in [0.3, 0.4) is 0 Å². The average Bonchev–Trinajstić information content (AvgIpc) is 2.70. The van der Waals surface area contributed by atoms with Crippen molar-refractivity contribution >= 4 is 5.78 Å². The zero-order chi connectivity index (χ0) is 20.1. The van der Waals surface area contributed by atoms with E-state index in [-0.39, 0.29) is 17.4 Å². The summed E-state index contributed by atoms with van der Waals surface area (Å²) in [6, 6.07) is 19.0. The van der Waals surface area contributed by atoms with Gasteiger partial charge in [0, 0.05) is 23.2 Å². The van der Waals surface area contributed by atoms with Gasteiger partial charge in [-0.05, 0) is 56.5 Å². The van der Waals surface area contributed by atoms with E-state index in [4.69, 9.17) is 4.74 Å². The Morgan fingerprint density at radius 2 is 1.71 bits per heavy atom. The fourth-order valence-electron chi connectivity index (χ4n) is 3.07. The highest BCUT2D eigenvalue weighted by atomic mass is 16.5. The minimum absolute atomic E-state index is 0.0285. The van der Waals surface area contributed by atoms with Crippen molar-refractivity contribution in [3.8, 4) is 5.75 Å². The fraction of sp³-hybridized carbons (Fsp3) is 0.250. The van der Waals surface area contributed by atoms with E-state index in [1.165, 1.54) is 0 Å². The van der Waals surface area contributed by atoms with Gasteiger partial charge in [-0.2, -0.15) is 0 Å². The number of rotatable bonds is 7. The van der Waals surface area contributed by atoms with Gasteiger partial charge in [-0.1, -0.05) is 42.5 Å². The number of Topliss-reactive ketones (excluding diaryl/α,β-unsaturated/α-hetero) is 1. The van der Waals surface area contributed by atoms with E-state index in [0.29, 0.717) is 24.0 Å². The summed E-state index contributed by atoms with van der Waals surface area (Å²) in [7, 11) is 0. The molecule has 1 unspecified atom stereocenters. The van der Waals surface area contributed by atoms with E-state index in [0.717, 1.165) is 22.6 Å². The first-order valence-corrected chi connectivity index (χ1v) is 9.48. The molecule has 0 radical (unpaired) electrons. The summed E-state index contributed by atoms with van der Waals surface area (Å²) < 4.78 is 5.92. The molecule has 1 N–H and O–H groups in total. The van der Waals surface area contributed by atoms with Crippen LogP contribution in [0, 0.1) is 13.8 Å². The average molecular weight is 375 g/mol. The Morgan fingerprint density at radius 3 is 2.39 bits per heavy atom. The summed E-state index contributed by atoms with van der Waals surface area (Å²) in [5, 5.41) is 0. The van der Waals surface area contributed by atoms with Crippen molar-refractivity contribution in [1.82, 2.24) is 4.98 Å². The minimum Gasteiger partial charge on any atom is -0.486 e. The van der Waals surface area contributed by atoms with Crippen LogP contribution in [0.25, 0.3) is 0 Å². The smallest absolute Gasteiger partial charge is 0.251 e. The third-order valence-electron chi connectivity index (χ3n) is 4.95. The molecule has 0 spiro atoms. The Bertz CT molecular complexity index is 1000. The van der Waals surface area contributed by atoms with Crippen LogP contribution >= 0.6 is 0 Å². The van der Waals surface area contributed by atoms with Gasteiger partial charge in [0.25, 0.3) is 5.56 Å². The number of ketones is 1. The highest BCUT2D eigenvalue weighted by Gasteiger charge is 2.11. The third-order valence-corrected chi connectivity index (χ3v) is 4.95. The summed E-state index contributed by atoms with van der Waals surface area (Å²) >= 11 is 0. The molecular weight excluding hydrogens is 350 g/mol. The molecule has 0 aliphatic rings. The molecule has 28 heavy (non-hydrogen) atoms. The number of hydrogen-bond donors (Lipinski definition) is 1. The fourth-order valence-corrected chi connectivity index (χ4v) is 3.07. The van der Waals surface area contributed by atoms with Gasteiger partial charge in [0.05, 0.1) is 0 Å². The van der Waals surface area contributed by atoms with Crippen LogP contribution in [0.2, 0.25) is 0 Å². The van der Waals surface area contributed by atoms with Crippen LogP contribution in [0.4, 0.5) is 0 Å². The first-order valence-electron chi connectivity index (χ1n) is 9.48. The largest absolute Gasteiger partial charge is 0.486 e. The summed E-state index contributed by atoms with van der Waals surface area (Å²) in [6.45, 7) is 5.81. The van der Waals surface area contributed by atoms with E-state index in [2.05, 4.69) is 4.98 Å². The van der Waals surface area contributed by atoms with Crippen LogP contribution in [-0.2, 0) is 6.42 Å². The zero-order valence-electron chi connectivity index (χ0n) is 16.5. The predicted molar refractivity (Wildman–Crippen MR) is 111 cm³/mol. The van der Waals surface area contributed by atoms with Crippen molar-refractivity contribution in [3.63, 3.8) is 0 Å². The number of carbonyl (C=O) groups excluding carboxylic acids is 1. The van der Waals surface area contributed by atoms with Crippen molar-refractivity contribution in [2.45, 2.75) is 39.7 Å². The van der Waals surface area contributed by atoms with Gasteiger partial charge in [0.15, 0.2) is 5.78 Å². The number of ether oxygens (including phenoxy) is 1. The molecule has 0 fully saturated rings. The molecule has 3 aromatic rings. The third kappa shape index (κ3) is 4.77. The molecule has 0 aliphatic heterocycles. The van der Waals surface area contributed by atoms with Gasteiger partial charge < -0.3 is 9.72 Å². The number of pyridine rings is 1. The van der Waals surface area contributed by atoms with E-state index >= 15 is 0 Å². The molecule has 0 amide bonds. The molecule has 1 heterocycles. The van der Waals surface area contributed by atoms with Crippen LogP contribution in [0.15, 0.2) is 65.5 Å². The van der Waals surface area contributed by atoms with Crippen molar-refractivity contribution < 1.29 is 9.53 Å². The second kappa shape index (κ2) is 8.70. The van der Waals surface area contributed by atoms with Crippen LogP contribution in [0.1, 0.15) is 52.2 Å². The lowest BCUT2D eigenvalue weighted by molar-refractivity contribution is 0.0982. The Balaban J connectivity index is 1.62. The number of carbonyl (C=O) groups is 1. The lowest BCUT2D eigenvalue weighted by Gasteiger charge is -2.15. The van der Waals surface area contributed by atoms with Gasteiger partial charge in [-0.3, -0.25) is 9.59 Å². The van der Waals surface area contributed by atoms with Gasteiger partial charge in [-0.25, -0.2) is 0 Å². The molecule has 3 rings (SSSR count). The van der Waals surface area contributed by atoms with Crippen molar-refractivity contribution in [2.75, 3.05) is 0 Å². The molecule has 0 saturated carbocycles. The van der Waals surface area contributed by atoms with Crippen molar-refractivity contribution in [1.29, 1.82) is 0 Å². The number of aryl methyl sites for hydroxylation is 3. The van der Waals surface area contributed by atoms with Crippen LogP contribution < -0.4 is 10.3 Å². The number of para-hydroxylation sites is 1. The van der Waals surface area contributed by atoms with Crippen molar-refractivity contribution in [2.24, 2.45) is 0 Å². The normalized spacial score (nSPS) is 11.8. The Hall–Kier alpha value is -3.14. The lowest BCUT2D eigenvalue weighted by atomic mass is 10.0. The van der Waals surface area contributed by atoms with Crippen LogP contribution in [-0.4, -0.2) is 10.8 Å². The number of H-pyrrole nitrogens is 1. The molecular formula is C24H25NO3. The van der Waals surface area contributed by atoms with Gasteiger partial charge in [-0.15, -0.1) is 0 Å². The number of hydrogen-bond acceptors (Lipinski definition) is 3. The van der Waals surface area contributed by atoms with Crippen LogP contribution in [0.5, 0.6) is 5.75 Å². The maximum atomic E-state index is 12.5. The number of nitrogens with one attached hydrogen (secondary N) is 1. The first-order chi connectivity index (χ1) is 13.4. The highest BCUT2D eigenvalue weighted by Crippen LogP contribution is 2.22. The van der Waals surface area contributed by atoms with E-state index in [1.54, 1.807) is 0 Å². The molecule has 1 aromatic heterocycles.